The minimum Gasteiger partial charge on any atom is -0.467 e. The van der Waals surface area contributed by atoms with Crippen LogP contribution in [-0.4, -0.2) is 135 Å². The first-order valence-corrected chi connectivity index (χ1v) is 51.2. The predicted octanol–water partition coefficient (Wildman–Crippen LogP) is 21.3. The number of aliphatic hydroxyl groups excluding tert-OH is 2. The van der Waals surface area contributed by atoms with Gasteiger partial charge in [-0.25, -0.2) is 34.3 Å². The molecule has 2 fully saturated rings. The largest absolute Gasteiger partial charge is 0.467 e. The Morgan fingerprint density at radius 3 is 1.31 bits per heavy atom. The first kappa shape index (κ1) is 90.4. The number of rotatable bonds is 14. The number of aliphatic imine (C=N–C) groups is 3. The molecule has 1 aromatic carbocycles. The van der Waals surface area contributed by atoms with Gasteiger partial charge in [0.05, 0.1) is 115 Å². The number of fused-ring (bicyclic) bond motifs is 18. The molecule has 0 saturated heterocycles. The van der Waals surface area contributed by atoms with Crippen molar-refractivity contribution >= 4 is 205 Å². The summed E-state index contributed by atoms with van der Waals surface area (Å²) >= 11 is 10.3. The lowest BCUT2D eigenvalue weighted by atomic mass is 9.95. The van der Waals surface area contributed by atoms with E-state index < -0.39 is 15.3 Å². The zero-order valence-electron chi connectivity index (χ0n) is 76.3. The predicted molar refractivity (Wildman–Crippen MR) is 538 cm³/mol. The molecular weight excluding hydrogens is 1750 g/mol. The van der Waals surface area contributed by atoms with Crippen molar-refractivity contribution in [2.24, 2.45) is 22.0 Å². The number of hydrogen-bond donors (Lipinski definition) is 7. The highest BCUT2D eigenvalue weighted by Gasteiger charge is 2.31. The number of halogens is 1. The Bertz CT molecular complexity index is 7380. The number of benzene rings is 1. The summed E-state index contributed by atoms with van der Waals surface area (Å²) in [6, 6.07) is 22.9. The SMILES string of the molecule is C=S(C)(=O)c1ccc(CNc2nn(C)c3c2sc2nc(C)cc(C)c23)cc1F.Cc1cc(C)c2c(n1)sc1c(C)nn(CCO)c12.Cc1cc(C)c2c(n1)sc1c(NCc3ccco3)nn(CCO)c12.Cc1cc(C)c2c3c(sc2n1)C(NC(C)C)=NC3.Cc1cc(C)c2c3c(sc2n1)C(NC1CCCC1)=NC3.Cc1cc(C)c2c3c(sc2n1)C(NC1CCCCC1)=NC3. The van der Waals surface area contributed by atoms with Crippen LogP contribution < -0.4 is 26.6 Å². The van der Waals surface area contributed by atoms with E-state index in [1.165, 1.54) is 171 Å². The van der Waals surface area contributed by atoms with Gasteiger partial charge in [-0.05, 0) is 245 Å². The minimum absolute atomic E-state index is 0.0457. The molecule has 1 atom stereocenters. The quantitative estimate of drug-likeness (QED) is 0.0498. The van der Waals surface area contributed by atoms with Crippen LogP contribution in [0.5, 0.6) is 0 Å². The average molecular weight is 1860 g/mol. The molecule has 7 N–H and O–H groups in total. The first-order valence-electron chi connectivity index (χ1n) is 44.1. The van der Waals surface area contributed by atoms with Crippen molar-refractivity contribution in [2.75, 3.05) is 30.1 Å². The average Bonchev–Trinajstić information content (AvgIpc) is 1.62. The van der Waals surface area contributed by atoms with Gasteiger partial charge >= 0.3 is 0 Å². The van der Waals surface area contributed by atoms with Gasteiger partial charge < -0.3 is 41.2 Å². The Morgan fingerprint density at radius 1 is 0.488 bits per heavy atom. The van der Waals surface area contributed by atoms with Gasteiger partial charge in [0, 0.05) is 121 Å². The maximum absolute atomic E-state index is 14.3. The summed E-state index contributed by atoms with van der Waals surface area (Å²) in [5, 5.41) is 57.1. The number of pyridine rings is 6. The van der Waals surface area contributed by atoms with Crippen LogP contribution in [0.4, 0.5) is 16.0 Å². The van der Waals surface area contributed by atoms with E-state index in [2.05, 4.69) is 185 Å². The van der Waals surface area contributed by atoms with E-state index in [1.807, 2.05) is 72.3 Å². The maximum atomic E-state index is 14.3. The number of nitrogens with one attached hydrogen (secondary N) is 5. The van der Waals surface area contributed by atoms with Crippen LogP contribution in [-0.2, 0) is 62.4 Å². The standard InChI is InChI=1S/C20H21FN4OS2.C17H18N4O2S.C17H21N3S.C16H19N3S.C14H17N3S.C13H15N3OS/c1-11-8-12(2)23-20-16(11)17-18(27-20)19(24-25(17)3)22-10-13-6-7-15(14(21)9-13)28(4,5)26;1-10-8-11(2)19-17-13(10)14-15(24-17)16(20-21(14)5-6-22)18-9-12-4-3-7-23-12;1-10-8-11(2)19-17-14(10)13-9-18-16(15(13)21-17)20-12-6-4-3-5-7-12;1-9-7-10(2)18-16-13(9)12-8-17-15(14(12)20-16)19-11-5-3-4-6-11;1-7(2)16-13-12-10(6-15-13)11-8(3)5-9(4)17-14(11)18-12;1-7-6-8(2)14-13-10(7)11-12(18-13)9(3)15-16(11)4-5-17/h6-9H,4,10H2,1-3,5H3,(H,22,24);3-4,7-8,22H,5-6,9H2,1-2H3,(H,18,20);8,12H,3-7,9H2,1-2H3,(H,18,20);7,11H,3-6,8H2,1-2H3,(H,17,19);5,7H,6H2,1-4H3,(H,15,16);6,17H,4-5H2,1-3H3. The summed E-state index contributed by atoms with van der Waals surface area (Å²) < 4.78 is 40.5. The summed E-state index contributed by atoms with van der Waals surface area (Å²) in [5.74, 6) is 8.74. The van der Waals surface area contributed by atoms with Crippen molar-refractivity contribution in [1.29, 1.82) is 0 Å². The van der Waals surface area contributed by atoms with E-state index in [0.29, 0.717) is 44.3 Å². The van der Waals surface area contributed by atoms with Gasteiger partial charge in [-0.1, -0.05) is 38.2 Å². The molecular formula is C97H111FN20O4S7. The lowest BCUT2D eigenvalue weighted by Gasteiger charge is -2.23. The van der Waals surface area contributed by atoms with E-state index in [-0.39, 0.29) is 18.1 Å². The van der Waals surface area contributed by atoms with Crippen LogP contribution in [0.1, 0.15) is 188 Å². The number of aryl methyl sites for hydroxylation is 14. The monoisotopic (exact) mass is 1860 g/mol. The van der Waals surface area contributed by atoms with E-state index in [0.717, 1.165) is 156 Å². The molecule has 32 heteroatoms. The number of nitrogens with zero attached hydrogens (tertiary/aromatic N) is 15. The van der Waals surface area contributed by atoms with Gasteiger partial charge in [-0.15, -0.1) is 68.0 Å². The van der Waals surface area contributed by atoms with E-state index in [1.54, 1.807) is 75.1 Å². The van der Waals surface area contributed by atoms with Crippen LogP contribution in [0, 0.1) is 95.8 Å². The summed E-state index contributed by atoms with van der Waals surface area (Å²) in [7, 11) is -0.665. The highest BCUT2D eigenvalue weighted by Crippen LogP contribution is 2.45. The molecule has 2 saturated carbocycles. The zero-order valence-corrected chi connectivity index (χ0v) is 82.0. The van der Waals surface area contributed by atoms with Gasteiger partial charge in [0.15, 0.2) is 11.6 Å². The number of aliphatic hydroxyl groups is 2. The fourth-order valence-corrected chi connectivity index (χ4v) is 26.9. The minimum atomic E-state index is -2.58. The van der Waals surface area contributed by atoms with Crippen molar-refractivity contribution in [2.45, 2.75) is 230 Å². The molecule has 0 bridgehead atoms. The molecule has 19 heterocycles. The van der Waals surface area contributed by atoms with E-state index >= 15 is 0 Å². The number of furan rings is 1. The van der Waals surface area contributed by atoms with Gasteiger partial charge in [0.2, 0.25) is 0 Å². The smallest absolute Gasteiger partial charge is 0.166 e. The first-order chi connectivity index (χ1) is 61.9. The zero-order chi connectivity index (χ0) is 90.7. The van der Waals surface area contributed by atoms with Gasteiger partial charge in [-0.2, -0.15) is 15.3 Å². The highest BCUT2D eigenvalue weighted by molar-refractivity contribution is 7.99. The van der Waals surface area contributed by atoms with E-state index in [4.69, 9.17) is 29.5 Å². The number of thiophene rings is 6. The third-order valence-corrected chi connectivity index (χ3v) is 31.9. The number of hydrogen-bond acceptors (Lipinski definition) is 27. The molecule has 672 valence electrons. The Morgan fingerprint density at radius 2 is 0.876 bits per heavy atom. The Kier molecular flexibility index (Phi) is 26.4. The fourth-order valence-electron chi connectivity index (χ4n) is 18.5. The molecule has 0 radical (unpaired) electrons. The van der Waals surface area contributed by atoms with Gasteiger partial charge in [0.25, 0.3) is 0 Å². The molecule has 2 aliphatic carbocycles. The van der Waals surface area contributed by atoms with Crippen LogP contribution in [0.25, 0.3) is 91.9 Å². The van der Waals surface area contributed by atoms with Crippen molar-refractivity contribution < 1.29 is 23.2 Å². The maximum Gasteiger partial charge on any atom is 0.166 e. The molecule has 3 aliphatic heterocycles. The number of anilines is 2. The van der Waals surface area contributed by atoms with Crippen molar-refractivity contribution in [3.63, 3.8) is 0 Å². The molecule has 5 aliphatic rings. The highest BCUT2D eigenvalue weighted by atomic mass is 32.2. The Hall–Kier alpha value is -10.6. The molecule has 0 amide bonds. The topological polar surface area (TPSA) is 299 Å². The van der Waals surface area contributed by atoms with Crippen molar-refractivity contribution in [3.8, 4) is 0 Å². The third kappa shape index (κ3) is 18.7. The van der Waals surface area contributed by atoms with Crippen molar-refractivity contribution in [1.82, 2.24) is 75.2 Å². The summed E-state index contributed by atoms with van der Waals surface area (Å²) in [6.45, 7) is 35.9. The normalized spacial score (nSPS) is 14.8. The number of aromatic nitrogens is 12. The second-order valence-electron chi connectivity index (χ2n) is 34.9. The third-order valence-electron chi connectivity index (χ3n) is 23.9. The Balaban J connectivity index is 0.000000109. The molecule has 16 aromatic heterocycles. The van der Waals surface area contributed by atoms with E-state index in [9.17, 15) is 13.7 Å². The van der Waals surface area contributed by atoms with Gasteiger partial charge in [0.1, 0.15) is 58.1 Å². The summed E-state index contributed by atoms with van der Waals surface area (Å²) in [4.78, 5) is 52.7. The summed E-state index contributed by atoms with van der Waals surface area (Å²) in [5.41, 5.74) is 23.0. The van der Waals surface area contributed by atoms with Crippen LogP contribution >= 0.6 is 68.0 Å². The molecule has 24 nitrogen and oxygen atoms in total. The fraction of sp³-hybridized carbons (Fsp3) is 0.392. The molecule has 129 heavy (non-hydrogen) atoms. The lowest BCUT2D eigenvalue weighted by Crippen LogP contribution is -2.35. The van der Waals surface area contributed by atoms with Crippen LogP contribution in [0.15, 0.2) is 97.3 Å². The molecule has 0 spiro atoms. The van der Waals surface area contributed by atoms with Crippen molar-refractivity contribution in [3.05, 3.63) is 195 Å². The van der Waals surface area contributed by atoms with Gasteiger partial charge in [-0.3, -0.25) is 33.2 Å². The number of amidine groups is 3. The molecule has 22 rings (SSSR count). The second-order valence-corrected chi connectivity index (χ2v) is 43.3. The summed E-state index contributed by atoms with van der Waals surface area (Å²) in [6.07, 6.45) is 15.0. The van der Waals surface area contributed by atoms with Crippen LogP contribution in [0.3, 0.4) is 0 Å². The molecule has 17 aromatic rings. The second kappa shape index (κ2) is 37.7. The lowest BCUT2D eigenvalue weighted by molar-refractivity contribution is 0.271. The molecule has 1 unspecified atom stereocenters. The van der Waals surface area contributed by atoms with Crippen LogP contribution in [0.2, 0.25) is 0 Å². The Labute approximate surface area is 774 Å².